The Morgan fingerprint density at radius 1 is 1.44 bits per heavy atom. The molecule has 18 heavy (non-hydrogen) atoms. The van der Waals surface area contributed by atoms with Crippen LogP contribution in [0.3, 0.4) is 0 Å². The van der Waals surface area contributed by atoms with Crippen LogP contribution in [0.1, 0.15) is 26.3 Å². The zero-order valence-electron chi connectivity index (χ0n) is 10.5. The summed E-state index contributed by atoms with van der Waals surface area (Å²) in [5.41, 5.74) is -0.268. The first kappa shape index (κ1) is 14.6. The Bertz CT molecular complexity index is 576. The number of hydrogen-bond donors (Lipinski definition) is 0. The molecule has 0 unspecified atom stereocenters. The Balaban J connectivity index is 3.33. The highest BCUT2D eigenvalue weighted by atomic mass is 32.2. The molecule has 0 aliphatic heterocycles. The first-order valence-corrected chi connectivity index (χ1v) is 7.00. The lowest BCUT2D eigenvalue weighted by Crippen LogP contribution is -2.36. The Morgan fingerprint density at radius 3 is 2.50 bits per heavy atom. The molecule has 98 valence electrons. The van der Waals surface area contributed by atoms with Crippen LogP contribution < -0.4 is 0 Å². The lowest BCUT2D eigenvalue weighted by Gasteiger charge is -2.24. The van der Waals surface area contributed by atoms with Gasteiger partial charge in [0.25, 0.3) is 0 Å². The van der Waals surface area contributed by atoms with E-state index in [1.807, 2.05) is 0 Å². The minimum atomic E-state index is -3.68. The number of hydrogen-bond acceptors (Lipinski definition) is 3. The van der Waals surface area contributed by atoms with Crippen molar-refractivity contribution >= 4 is 10.0 Å². The maximum absolute atomic E-state index is 13.2. The van der Waals surface area contributed by atoms with E-state index in [4.69, 9.17) is 5.26 Å². The maximum atomic E-state index is 13.2. The number of benzene rings is 1. The second-order valence-corrected chi connectivity index (χ2v) is 5.95. The van der Waals surface area contributed by atoms with Crippen LogP contribution >= 0.6 is 0 Å². The van der Waals surface area contributed by atoms with Gasteiger partial charge >= 0.3 is 0 Å². The summed E-state index contributed by atoms with van der Waals surface area (Å²) < 4.78 is 39.0. The largest absolute Gasteiger partial charge is 0.243 e. The quantitative estimate of drug-likeness (QED) is 0.842. The van der Waals surface area contributed by atoms with E-state index in [2.05, 4.69) is 0 Å². The third kappa shape index (κ3) is 2.68. The number of halogens is 1. The zero-order chi connectivity index (χ0) is 13.9. The van der Waals surface area contributed by atoms with Gasteiger partial charge in [-0.1, -0.05) is 6.92 Å². The maximum Gasteiger partial charge on any atom is 0.243 e. The molecule has 0 amide bonds. The summed E-state index contributed by atoms with van der Waals surface area (Å²) in [5, 5.41) is 8.72. The van der Waals surface area contributed by atoms with Crippen LogP contribution in [0.15, 0.2) is 23.1 Å². The Morgan fingerprint density at radius 2 is 2.06 bits per heavy atom. The van der Waals surface area contributed by atoms with Gasteiger partial charge in [-0.2, -0.15) is 9.57 Å². The summed E-state index contributed by atoms with van der Waals surface area (Å²) in [6, 6.07) is 4.68. The summed E-state index contributed by atoms with van der Waals surface area (Å²) in [5.74, 6) is -0.718. The number of nitriles is 1. The molecule has 1 aromatic rings. The standard InChI is InChI=1S/C12H15FN2O2S/c1-4-15(9(2)3)18(16,17)11-5-6-12(13)10(7-11)8-14/h5-7,9H,4H2,1-3H3. The van der Waals surface area contributed by atoms with Gasteiger partial charge in [-0.3, -0.25) is 0 Å². The predicted octanol–water partition coefficient (Wildman–Crippen LogP) is 2.12. The van der Waals surface area contributed by atoms with E-state index in [1.165, 1.54) is 10.4 Å². The molecule has 6 heteroatoms. The molecule has 0 saturated carbocycles. The average molecular weight is 270 g/mol. The van der Waals surface area contributed by atoms with Crippen molar-refractivity contribution in [3.05, 3.63) is 29.6 Å². The molecule has 0 aliphatic rings. The molecule has 0 heterocycles. The van der Waals surface area contributed by atoms with E-state index in [0.717, 1.165) is 12.1 Å². The van der Waals surface area contributed by atoms with Gasteiger partial charge in [-0.25, -0.2) is 12.8 Å². The first-order chi connectivity index (χ1) is 8.34. The Hall–Kier alpha value is -1.45. The van der Waals surface area contributed by atoms with E-state index in [9.17, 15) is 12.8 Å². The number of rotatable bonds is 4. The SMILES string of the molecule is CCN(C(C)C)S(=O)(=O)c1ccc(F)c(C#N)c1. The van der Waals surface area contributed by atoms with E-state index < -0.39 is 15.8 Å². The van der Waals surface area contributed by atoms with Crippen LogP contribution in [0.5, 0.6) is 0 Å². The minimum absolute atomic E-state index is 0.0593. The molecule has 0 atom stereocenters. The van der Waals surface area contributed by atoms with Crippen LogP contribution in [0.4, 0.5) is 4.39 Å². The molecule has 0 saturated heterocycles. The lowest BCUT2D eigenvalue weighted by molar-refractivity contribution is 0.369. The summed E-state index contributed by atoms with van der Waals surface area (Å²) in [7, 11) is -3.68. The van der Waals surface area contributed by atoms with Crippen molar-refractivity contribution in [3.63, 3.8) is 0 Å². The fourth-order valence-corrected chi connectivity index (χ4v) is 3.37. The van der Waals surface area contributed by atoms with Gasteiger partial charge in [-0.05, 0) is 32.0 Å². The van der Waals surface area contributed by atoms with Crippen molar-refractivity contribution < 1.29 is 12.8 Å². The van der Waals surface area contributed by atoms with Crippen LogP contribution in [-0.2, 0) is 10.0 Å². The van der Waals surface area contributed by atoms with E-state index in [1.54, 1.807) is 26.8 Å². The van der Waals surface area contributed by atoms with Gasteiger partial charge in [0.1, 0.15) is 11.9 Å². The van der Waals surface area contributed by atoms with Crippen molar-refractivity contribution in [3.8, 4) is 6.07 Å². The molecule has 0 N–H and O–H groups in total. The number of nitrogens with zero attached hydrogens (tertiary/aromatic N) is 2. The molecule has 1 rings (SSSR count). The van der Waals surface area contributed by atoms with Crippen LogP contribution in [-0.4, -0.2) is 25.3 Å². The van der Waals surface area contributed by atoms with Crippen molar-refractivity contribution in [2.75, 3.05) is 6.54 Å². The summed E-state index contributed by atoms with van der Waals surface area (Å²) in [4.78, 5) is -0.0593. The molecular formula is C12H15FN2O2S. The summed E-state index contributed by atoms with van der Waals surface area (Å²) in [6.07, 6.45) is 0. The molecule has 0 spiro atoms. The molecular weight excluding hydrogens is 255 g/mol. The smallest absolute Gasteiger partial charge is 0.207 e. The molecule has 0 aromatic heterocycles. The molecule has 0 radical (unpaired) electrons. The summed E-state index contributed by atoms with van der Waals surface area (Å²) >= 11 is 0. The van der Waals surface area contributed by atoms with Crippen LogP contribution in [0.2, 0.25) is 0 Å². The third-order valence-corrected chi connectivity index (χ3v) is 4.70. The highest BCUT2D eigenvalue weighted by molar-refractivity contribution is 7.89. The second-order valence-electron chi connectivity index (χ2n) is 4.06. The van der Waals surface area contributed by atoms with Gasteiger partial charge in [-0.15, -0.1) is 0 Å². The highest BCUT2D eigenvalue weighted by Crippen LogP contribution is 2.20. The van der Waals surface area contributed by atoms with Gasteiger partial charge in [0.05, 0.1) is 10.5 Å². The second kappa shape index (κ2) is 5.46. The van der Waals surface area contributed by atoms with Crippen molar-refractivity contribution in [2.45, 2.75) is 31.7 Å². The lowest BCUT2D eigenvalue weighted by atomic mass is 10.2. The van der Waals surface area contributed by atoms with Crippen molar-refractivity contribution in [1.29, 1.82) is 5.26 Å². The van der Waals surface area contributed by atoms with Crippen LogP contribution in [0.25, 0.3) is 0 Å². The Kier molecular flexibility index (Phi) is 4.43. The molecule has 1 aromatic carbocycles. The van der Waals surface area contributed by atoms with Crippen molar-refractivity contribution in [1.82, 2.24) is 4.31 Å². The summed E-state index contributed by atoms with van der Waals surface area (Å²) in [6.45, 7) is 5.57. The first-order valence-electron chi connectivity index (χ1n) is 5.56. The predicted molar refractivity (Wildman–Crippen MR) is 65.8 cm³/mol. The van der Waals surface area contributed by atoms with Gasteiger partial charge in [0.15, 0.2) is 0 Å². The van der Waals surface area contributed by atoms with Crippen LogP contribution in [0, 0.1) is 17.1 Å². The minimum Gasteiger partial charge on any atom is -0.207 e. The van der Waals surface area contributed by atoms with Gasteiger partial charge in [0.2, 0.25) is 10.0 Å². The topological polar surface area (TPSA) is 61.2 Å². The third-order valence-electron chi connectivity index (χ3n) is 2.55. The van der Waals surface area contributed by atoms with E-state index in [-0.39, 0.29) is 16.5 Å². The molecule has 4 nitrogen and oxygen atoms in total. The van der Waals surface area contributed by atoms with Gasteiger partial charge in [0, 0.05) is 12.6 Å². The zero-order valence-corrected chi connectivity index (χ0v) is 11.3. The Labute approximate surface area is 107 Å². The number of sulfonamides is 1. The normalized spacial score (nSPS) is 11.8. The molecule has 0 bridgehead atoms. The van der Waals surface area contributed by atoms with Crippen molar-refractivity contribution in [2.24, 2.45) is 0 Å². The fourth-order valence-electron chi connectivity index (χ4n) is 1.70. The molecule has 0 aliphatic carbocycles. The van der Waals surface area contributed by atoms with E-state index in [0.29, 0.717) is 6.54 Å². The average Bonchev–Trinajstić information content (AvgIpc) is 2.29. The monoisotopic (exact) mass is 270 g/mol. The fraction of sp³-hybridized carbons (Fsp3) is 0.417. The van der Waals surface area contributed by atoms with Gasteiger partial charge < -0.3 is 0 Å². The highest BCUT2D eigenvalue weighted by Gasteiger charge is 2.26. The molecule has 0 fully saturated rings. The van der Waals surface area contributed by atoms with E-state index >= 15 is 0 Å².